The summed E-state index contributed by atoms with van der Waals surface area (Å²) < 4.78 is 69.4. The lowest BCUT2D eigenvalue weighted by Gasteiger charge is -2.23. The van der Waals surface area contributed by atoms with Gasteiger partial charge in [-0.1, -0.05) is 25.1 Å². The Morgan fingerprint density at radius 1 is 1.12 bits per heavy atom. The van der Waals surface area contributed by atoms with Crippen LogP contribution in [-0.4, -0.2) is 40.3 Å². The summed E-state index contributed by atoms with van der Waals surface area (Å²) in [6, 6.07) is 11.7. The van der Waals surface area contributed by atoms with E-state index < -0.39 is 21.8 Å². The van der Waals surface area contributed by atoms with Crippen molar-refractivity contribution in [2.45, 2.75) is 32.4 Å². The molecule has 0 radical (unpaired) electrons. The molecular weight excluding hydrogens is 445 g/mol. The lowest BCUT2D eigenvalue weighted by molar-refractivity contribution is -0.137. The average Bonchev–Trinajstić information content (AvgIpc) is 2.73. The van der Waals surface area contributed by atoms with Crippen molar-refractivity contribution in [3.63, 3.8) is 0 Å². The van der Waals surface area contributed by atoms with E-state index in [1.807, 2.05) is 24.3 Å². The predicted molar refractivity (Wildman–Crippen MR) is 117 cm³/mol. The monoisotopic (exact) mass is 472 g/mol. The maximum absolute atomic E-state index is 12.9. The van der Waals surface area contributed by atoms with Gasteiger partial charge in [0, 0.05) is 13.0 Å². The average molecular weight is 473 g/mol. The largest absolute Gasteiger partial charge is 0.492 e. The van der Waals surface area contributed by atoms with Gasteiger partial charge in [0.1, 0.15) is 12.4 Å². The summed E-state index contributed by atoms with van der Waals surface area (Å²) in [6.07, 6.45) is -2.57. The van der Waals surface area contributed by atoms with Crippen LogP contribution in [0.3, 0.4) is 0 Å². The number of nitrogens with zero attached hydrogens (tertiary/aromatic N) is 1. The van der Waals surface area contributed by atoms with Crippen molar-refractivity contribution < 1.29 is 31.1 Å². The Morgan fingerprint density at radius 3 is 2.41 bits per heavy atom. The predicted octanol–water partition coefficient (Wildman–Crippen LogP) is 4.01. The molecule has 0 saturated carbocycles. The summed E-state index contributed by atoms with van der Waals surface area (Å²) in [6.45, 7) is 2.49. The van der Waals surface area contributed by atoms with Crippen molar-refractivity contribution in [2.75, 3.05) is 30.3 Å². The number of alkyl halides is 3. The van der Waals surface area contributed by atoms with Gasteiger partial charge >= 0.3 is 6.18 Å². The molecule has 0 aliphatic rings. The Labute approximate surface area is 186 Å². The Kier molecular flexibility index (Phi) is 8.94. The molecule has 10 heteroatoms. The smallest absolute Gasteiger partial charge is 0.416 e. The first-order chi connectivity index (χ1) is 15.0. The van der Waals surface area contributed by atoms with Gasteiger partial charge in [0.15, 0.2) is 0 Å². The number of nitrogens with one attached hydrogen (secondary N) is 1. The van der Waals surface area contributed by atoms with E-state index in [0.29, 0.717) is 5.75 Å². The Balaban J connectivity index is 1.82. The number of hydrogen-bond acceptors (Lipinski definition) is 4. The van der Waals surface area contributed by atoms with Crippen LogP contribution in [0.1, 0.15) is 30.9 Å². The topological polar surface area (TPSA) is 75.7 Å². The van der Waals surface area contributed by atoms with E-state index in [4.69, 9.17) is 4.74 Å². The third-order valence-electron chi connectivity index (χ3n) is 4.65. The number of anilines is 1. The molecule has 2 rings (SSSR count). The zero-order chi connectivity index (χ0) is 23.8. The summed E-state index contributed by atoms with van der Waals surface area (Å²) >= 11 is 0. The quantitative estimate of drug-likeness (QED) is 0.502. The molecule has 32 heavy (non-hydrogen) atoms. The first-order valence-corrected chi connectivity index (χ1v) is 12.0. The second-order valence-corrected chi connectivity index (χ2v) is 9.09. The molecule has 0 atom stereocenters. The molecular formula is C22H27F3N2O4S. The maximum atomic E-state index is 12.9. The van der Waals surface area contributed by atoms with E-state index in [1.165, 1.54) is 11.6 Å². The number of amides is 1. The molecule has 0 unspecified atom stereocenters. The van der Waals surface area contributed by atoms with Crippen molar-refractivity contribution >= 4 is 21.6 Å². The van der Waals surface area contributed by atoms with Gasteiger partial charge < -0.3 is 10.1 Å². The van der Waals surface area contributed by atoms with Crippen LogP contribution in [0, 0.1) is 0 Å². The normalized spacial score (nSPS) is 11.8. The molecule has 6 nitrogen and oxygen atoms in total. The number of halogens is 3. The van der Waals surface area contributed by atoms with E-state index in [-0.39, 0.29) is 44.1 Å². The highest BCUT2D eigenvalue weighted by molar-refractivity contribution is 7.92. The van der Waals surface area contributed by atoms with Gasteiger partial charge in [0.25, 0.3) is 0 Å². The lowest BCUT2D eigenvalue weighted by Crippen LogP contribution is -2.33. The number of benzene rings is 2. The fourth-order valence-corrected chi connectivity index (χ4v) is 3.93. The van der Waals surface area contributed by atoms with E-state index in [0.717, 1.165) is 35.2 Å². The zero-order valence-corrected chi connectivity index (χ0v) is 18.8. The van der Waals surface area contributed by atoms with Crippen molar-refractivity contribution in [1.29, 1.82) is 0 Å². The Hall–Kier alpha value is -2.75. The van der Waals surface area contributed by atoms with Gasteiger partial charge in [0.2, 0.25) is 15.9 Å². The third kappa shape index (κ3) is 8.07. The van der Waals surface area contributed by atoms with Gasteiger partial charge in [-0.15, -0.1) is 0 Å². The van der Waals surface area contributed by atoms with Crippen molar-refractivity contribution in [3.8, 4) is 5.75 Å². The molecule has 0 fully saturated rings. The number of aryl methyl sites for hydroxylation is 1. The van der Waals surface area contributed by atoms with Crippen LogP contribution in [0.4, 0.5) is 18.9 Å². The number of sulfonamides is 1. The number of carbonyl (C=O) groups excluding carboxylic acids is 1. The van der Waals surface area contributed by atoms with E-state index in [2.05, 4.69) is 12.2 Å². The standard InChI is InChI=1S/C22H27F3N2O4S/c1-3-17-9-11-20(12-10-17)31-15-13-26-21(28)8-5-14-27(32(2,29)30)19-7-4-6-18(16-19)22(23,24)25/h4,6-7,9-12,16H,3,5,8,13-15H2,1-2H3,(H,26,28). The molecule has 176 valence electrons. The molecule has 1 amide bonds. The van der Waals surface area contributed by atoms with Crippen LogP contribution in [0.15, 0.2) is 48.5 Å². The second kappa shape index (κ2) is 11.2. The SMILES string of the molecule is CCc1ccc(OCCNC(=O)CCCN(c2cccc(C(F)(F)F)c2)S(C)(=O)=O)cc1. The highest BCUT2D eigenvalue weighted by Gasteiger charge is 2.31. The molecule has 0 saturated heterocycles. The number of rotatable bonds is 11. The fourth-order valence-electron chi connectivity index (χ4n) is 2.98. The molecule has 0 aliphatic heterocycles. The van der Waals surface area contributed by atoms with Crippen molar-refractivity contribution in [1.82, 2.24) is 5.32 Å². The molecule has 0 bridgehead atoms. The van der Waals surface area contributed by atoms with E-state index >= 15 is 0 Å². The molecule has 2 aromatic carbocycles. The molecule has 0 heterocycles. The highest BCUT2D eigenvalue weighted by Crippen LogP contribution is 2.32. The molecule has 0 spiro atoms. The Bertz CT molecular complexity index is 993. The third-order valence-corrected chi connectivity index (χ3v) is 5.85. The highest BCUT2D eigenvalue weighted by atomic mass is 32.2. The maximum Gasteiger partial charge on any atom is 0.416 e. The summed E-state index contributed by atoms with van der Waals surface area (Å²) in [7, 11) is -3.82. The number of hydrogen-bond donors (Lipinski definition) is 1. The van der Waals surface area contributed by atoms with E-state index in [9.17, 15) is 26.4 Å². The number of ether oxygens (including phenoxy) is 1. The van der Waals surface area contributed by atoms with Gasteiger partial charge in [-0.25, -0.2) is 8.42 Å². The van der Waals surface area contributed by atoms with Crippen LogP contribution in [0.2, 0.25) is 0 Å². The van der Waals surface area contributed by atoms with Crippen LogP contribution < -0.4 is 14.4 Å². The summed E-state index contributed by atoms with van der Waals surface area (Å²) in [5, 5.41) is 2.68. The van der Waals surface area contributed by atoms with Crippen LogP contribution in [-0.2, 0) is 27.4 Å². The minimum Gasteiger partial charge on any atom is -0.492 e. The van der Waals surface area contributed by atoms with Crippen molar-refractivity contribution in [2.24, 2.45) is 0 Å². The van der Waals surface area contributed by atoms with Gasteiger partial charge in [-0.2, -0.15) is 13.2 Å². The van der Waals surface area contributed by atoms with Crippen molar-refractivity contribution in [3.05, 3.63) is 59.7 Å². The zero-order valence-electron chi connectivity index (χ0n) is 18.0. The molecule has 0 aliphatic carbocycles. The molecule has 1 N–H and O–H groups in total. The molecule has 0 aromatic heterocycles. The summed E-state index contributed by atoms with van der Waals surface area (Å²) in [4.78, 5) is 12.0. The van der Waals surface area contributed by atoms with Crippen LogP contribution in [0.25, 0.3) is 0 Å². The summed E-state index contributed by atoms with van der Waals surface area (Å²) in [5.74, 6) is 0.397. The second-order valence-electron chi connectivity index (χ2n) is 7.18. The van der Waals surface area contributed by atoms with E-state index in [1.54, 1.807) is 0 Å². The van der Waals surface area contributed by atoms with Gasteiger partial charge in [-0.05, 0) is 48.7 Å². The van der Waals surface area contributed by atoms with Gasteiger partial charge in [0.05, 0.1) is 24.1 Å². The number of carbonyl (C=O) groups is 1. The Morgan fingerprint density at radius 2 is 1.81 bits per heavy atom. The molecule has 2 aromatic rings. The minimum atomic E-state index is -4.58. The van der Waals surface area contributed by atoms with Gasteiger partial charge in [-0.3, -0.25) is 9.10 Å². The summed E-state index contributed by atoms with van der Waals surface area (Å²) in [5.41, 5.74) is 0.162. The fraction of sp³-hybridized carbons (Fsp3) is 0.409. The first kappa shape index (κ1) is 25.5. The van der Waals surface area contributed by atoms with Crippen LogP contribution >= 0.6 is 0 Å². The first-order valence-electron chi connectivity index (χ1n) is 10.1. The minimum absolute atomic E-state index is 0.0240. The van der Waals surface area contributed by atoms with Crippen LogP contribution in [0.5, 0.6) is 5.75 Å². The lowest BCUT2D eigenvalue weighted by atomic mass is 10.2.